The Morgan fingerprint density at radius 3 is 2.37 bits per heavy atom. The maximum atomic E-state index is 13.0. The number of unbranched alkanes of at least 4 members (excludes halogenated alkanes) is 4. The number of hydrogen-bond acceptors (Lipinski definition) is 5. The average molecular weight is 420 g/mol. The van der Waals surface area contributed by atoms with Crippen molar-refractivity contribution < 1.29 is 24.6 Å². The average Bonchev–Trinajstić information content (AvgIpc) is 2.73. The number of hydrogen-bond donors (Lipinski definition) is 4. The summed E-state index contributed by atoms with van der Waals surface area (Å²) in [5.74, 6) is -2.46. The summed E-state index contributed by atoms with van der Waals surface area (Å²) in [5, 5.41) is 22.0. The topological polar surface area (TPSA) is 133 Å². The number of fused-ring (bicyclic) bond motifs is 1. The van der Waals surface area contributed by atoms with Crippen molar-refractivity contribution in [3.63, 3.8) is 0 Å². The normalized spacial score (nSPS) is 17.8. The number of benzene rings is 1. The van der Waals surface area contributed by atoms with Gasteiger partial charge in [-0.3, -0.25) is 14.9 Å². The maximum Gasteiger partial charge on any atom is 0.326 e. The van der Waals surface area contributed by atoms with E-state index >= 15 is 0 Å². The van der Waals surface area contributed by atoms with Crippen LogP contribution in [0, 0.1) is 0 Å². The van der Waals surface area contributed by atoms with Gasteiger partial charge in [-0.2, -0.15) is 0 Å². The summed E-state index contributed by atoms with van der Waals surface area (Å²) in [6.45, 7) is 2.47. The van der Waals surface area contributed by atoms with Gasteiger partial charge in [0.1, 0.15) is 12.1 Å². The van der Waals surface area contributed by atoms with Crippen LogP contribution in [-0.2, 0) is 27.3 Å². The fourth-order valence-corrected chi connectivity index (χ4v) is 3.90. The number of carbonyl (C=O) groups is 3. The van der Waals surface area contributed by atoms with Gasteiger partial charge in [0.25, 0.3) is 0 Å². The molecule has 30 heavy (non-hydrogen) atoms. The van der Waals surface area contributed by atoms with E-state index < -0.39 is 36.0 Å². The van der Waals surface area contributed by atoms with Gasteiger partial charge in [-0.25, -0.2) is 4.79 Å². The Labute approximate surface area is 177 Å². The van der Waals surface area contributed by atoms with E-state index in [2.05, 4.69) is 5.32 Å². The third-order valence-corrected chi connectivity index (χ3v) is 5.63. The summed E-state index contributed by atoms with van der Waals surface area (Å²) in [6, 6.07) is 4.88. The van der Waals surface area contributed by atoms with Crippen LogP contribution in [0.25, 0.3) is 0 Å². The van der Waals surface area contributed by atoms with E-state index in [9.17, 15) is 24.6 Å². The Morgan fingerprint density at radius 2 is 1.73 bits per heavy atom. The SMILES string of the molecule is C[C@H](N[C@@H](CCCCCCCN)C(=O)O)C(=O)N1Cc2ccccc2C[C@H]1C(=O)O. The van der Waals surface area contributed by atoms with E-state index in [1.54, 1.807) is 6.92 Å². The highest BCUT2D eigenvalue weighted by Crippen LogP contribution is 2.24. The number of nitrogens with one attached hydrogen (secondary N) is 1. The molecule has 5 N–H and O–H groups in total. The first-order valence-electron chi connectivity index (χ1n) is 10.6. The van der Waals surface area contributed by atoms with Gasteiger partial charge >= 0.3 is 11.9 Å². The van der Waals surface area contributed by atoms with Crippen molar-refractivity contribution >= 4 is 17.8 Å². The monoisotopic (exact) mass is 419 g/mol. The van der Waals surface area contributed by atoms with Crippen molar-refractivity contribution in [1.82, 2.24) is 10.2 Å². The maximum absolute atomic E-state index is 13.0. The molecule has 0 unspecified atom stereocenters. The minimum Gasteiger partial charge on any atom is -0.480 e. The predicted molar refractivity (Wildman–Crippen MR) is 113 cm³/mol. The molecule has 1 aliphatic heterocycles. The lowest BCUT2D eigenvalue weighted by Crippen LogP contribution is -2.56. The van der Waals surface area contributed by atoms with Crippen LogP contribution in [0.1, 0.15) is 56.6 Å². The fourth-order valence-electron chi connectivity index (χ4n) is 3.90. The predicted octanol–water partition coefficient (Wildman–Crippen LogP) is 1.76. The smallest absolute Gasteiger partial charge is 0.326 e. The summed E-state index contributed by atoms with van der Waals surface area (Å²) in [7, 11) is 0. The molecule has 0 aromatic heterocycles. The molecule has 1 heterocycles. The van der Waals surface area contributed by atoms with Gasteiger partial charge in [0, 0.05) is 13.0 Å². The molecule has 0 saturated heterocycles. The quantitative estimate of drug-likeness (QED) is 0.379. The van der Waals surface area contributed by atoms with Gasteiger partial charge in [0.15, 0.2) is 0 Å². The zero-order chi connectivity index (χ0) is 22.1. The van der Waals surface area contributed by atoms with Crippen LogP contribution in [0.5, 0.6) is 0 Å². The molecule has 1 aromatic carbocycles. The molecule has 8 heteroatoms. The molecule has 166 valence electrons. The van der Waals surface area contributed by atoms with Crippen molar-refractivity contribution in [1.29, 1.82) is 0 Å². The van der Waals surface area contributed by atoms with Gasteiger partial charge in [0.05, 0.1) is 6.04 Å². The van der Waals surface area contributed by atoms with E-state index in [1.165, 1.54) is 4.90 Å². The summed E-state index contributed by atoms with van der Waals surface area (Å²) < 4.78 is 0. The van der Waals surface area contributed by atoms with Crippen molar-refractivity contribution in [3.05, 3.63) is 35.4 Å². The zero-order valence-corrected chi connectivity index (χ0v) is 17.5. The van der Waals surface area contributed by atoms with Crippen molar-refractivity contribution in [3.8, 4) is 0 Å². The molecule has 0 bridgehead atoms. The molecule has 0 saturated carbocycles. The van der Waals surface area contributed by atoms with Crippen LogP contribution < -0.4 is 11.1 Å². The second-order valence-corrected chi connectivity index (χ2v) is 7.92. The molecular weight excluding hydrogens is 386 g/mol. The first kappa shape index (κ1) is 23.8. The van der Waals surface area contributed by atoms with E-state index in [0.29, 0.717) is 13.0 Å². The van der Waals surface area contributed by atoms with Gasteiger partial charge in [0.2, 0.25) is 5.91 Å². The number of nitrogens with zero attached hydrogens (tertiary/aromatic N) is 1. The third kappa shape index (κ3) is 6.53. The number of aliphatic carboxylic acids is 2. The number of carbonyl (C=O) groups excluding carboxylic acids is 1. The second-order valence-electron chi connectivity index (χ2n) is 7.92. The molecule has 0 aliphatic carbocycles. The lowest BCUT2D eigenvalue weighted by Gasteiger charge is -2.36. The highest BCUT2D eigenvalue weighted by Gasteiger charge is 2.37. The van der Waals surface area contributed by atoms with Gasteiger partial charge < -0.3 is 20.8 Å². The van der Waals surface area contributed by atoms with Crippen LogP contribution in [0.15, 0.2) is 24.3 Å². The Hall–Kier alpha value is -2.45. The number of carboxylic acid groups (broad SMARTS) is 2. The fraction of sp³-hybridized carbons (Fsp3) is 0.591. The number of nitrogens with two attached hydrogens (primary N) is 1. The highest BCUT2D eigenvalue weighted by atomic mass is 16.4. The van der Waals surface area contributed by atoms with E-state index in [1.807, 2.05) is 24.3 Å². The molecule has 8 nitrogen and oxygen atoms in total. The molecule has 1 aromatic rings. The summed E-state index contributed by atoms with van der Waals surface area (Å²) in [6.07, 6.45) is 5.32. The molecule has 0 radical (unpaired) electrons. The third-order valence-electron chi connectivity index (χ3n) is 5.63. The van der Waals surface area contributed by atoms with Gasteiger partial charge in [-0.05, 0) is 37.4 Å². The minimum absolute atomic E-state index is 0.205. The molecule has 0 fully saturated rings. The van der Waals surface area contributed by atoms with E-state index in [0.717, 1.165) is 43.2 Å². The molecule has 1 aliphatic rings. The lowest BCUT2D eigenvalue weighted by atomic mass is 9.93. The van der Waals surface area contributed by atoms with Crippen molar-refractivity contribution in [2.75, 3.05) is 6.54 Å². The number of amides is 1. The van der Waals surface area contributed by atoms with Crippen LogP contribution in [-0.4, -0.2) is 57.6 Å². The zero-order valence-electron chi connectivity index (χ0n) is 17.5. The molecule has 0 spiro atoms. The minimum atomic E-state index is -1.06. The summed E-state index contributed by atoms with van der Waals surface area (Å²) in [4.78, 5) is 37.8. The van der Waals surface area contributed by atoms with Crippen molar-refractivity contribution in [2.45, 2.75) is 76.5 Å². The first-order valence-corrected chi connectivity index (χ1v) is 10.6. The standard InChI is InChI=1S/C22H33N3O5/c1-15(24-18(21(27)28)11-5-3-2-4-8-12-23)20(26)25-14-17-10-7-6-9-16(17)13-19(25)22(29)30/h6-7,9-10,15,18-19,24H,2-5,8,11-14,23H2,1H3,(H,27,28)(H,29,30)/t15-,18-,19-/m0/s1. The molecule has 2 rings (SSSR count). The van der Waals surface area contributed by atoms with E-state index in [4.69, 9.17) is 5.73 Å². The largest absolute Gasteiger partial charge is 0.480 e. The van der Waals surface area contributed by atoms with Gasteiger partial charge in [-0.1, -0.05) is 49.9 Å². The molecule has 3 atom stereocenters. The lowest BCUT2D eigenvalue weighted by molar-refractivity contribution is -0.152. The second kappa shape index (κ2) is 11.7. The highest BCUT2D eigenvalue weighted by molar-refractivity contribution is 5.88. The Morgan fingerprint density at radius 1 is 1.10 bits per heavy atom. The van der Waals surface area contributed by atoms with Crippen LogP contribution >= 0.6 is 0 Å². The van der Waals surface area contributed by atoms with Crippen LogP contribution in [0.4, 0.5) is 0 Å². The first-order chi connectivity index (χ1) is 14.3. The van der Waals surface area contributed by atoms with Crippen LogP contribution in [0.2, 0.25) is 0 Å². The Balaban J connectivity index is 1.98. The van der Waals surface area contributed by atoms with Crippen LogP contribution in [0.3, 0.4) is 0 Å². The number of carboxylic acids is 2. The number of rotatable bonds is 12. The molecule has 1 amide bonds. The van der Waals surface area contributed by atoms with Gasteiger partial charge in [-0.15, -0.1) is 0 Å². The van der Waals surface area contributed by atoms with Crippen molar-refractivity contribution in [2.24, 2.45) is 5.73 Å². The van der Waals surface area contributed by atoms with E-state index in [-0.39, 0.29) is 13.0 Å². The summed E-state index contributed by atoms with van der Waals surface area (Å²) in [5.41, 5.74) is 7.31. The molecular formula is C22H33N3O5. The Bertz CT molecular complexity index is 739. The summed E-state index contributed by atoms with van der Waals surface area (Å²) >= 11 is 0. The Kier molecular flexibility index (Phi) is 9.26.